The van der Waals surface area contributed by atoms with Crippen molar-refractivity contribution in [1.29, 1.82) is 0 Å². The zero-order valence-electron chi connectivity index (χ0n) is 12.2. The van der Waals surface area contributed by atoms with E-state index in [1.165, 1.54) is 0 Å². The third kappa shape index (κ3) is 4.82. The average Bonchev–Trinajstić information content (AvgIpc) is 2.37. The number of rotatable bonds is 7. The molecule has 0 aromatic heterocycles. The van der Waals surface area contributed by atoms with Crippen LogP contribution in [0.3, 0.4) is 0 Å². The van der Waals surface area contributed by atoms with E-state index in [-0.39, 0.29) is 6.04 Å². The maximum Gasteiger partial charge on any atom is 0.125 e. The van der Waals surface area contributed by atoms with E-state index in [1.54, 1.807) is 6.92 Å². The molecule has 19 heavy (non-hydrogen) atoms. The first kappa shape index (κ1) is 16.0. The lowest BCUT2D eigenvalue weighted by atomic mass is 10.00. The molecule has 3 unspecified atom stereocenters. The molecule has 0 aliphatic rings. The van der Waals surface area contributed by atoms with Crippen LogP contribution in [0.2, 0.25) is 0 Å². The first-order valence-electron chi connectivity index (χ1n) is 6.78. The Bertz CT molecular complexity index is 393. The van der Waals surface area contributed by atoms with Crippen molar-refractivity contribution in [2.45, 2.75) is 45.9 Å². The Labute approximate surface area is 115 Å². The van der Waals surface area contributed by atoms with Crippen molar-refractivity contribution in [2.75, 3.05) is 13.2 Å². The second kappa shape index (κ2) is 7.48. The highest BCUT2D eigenvalue weighted by atomic mass is 16.5. The number of aryl methyl sites for hydroxylation is 1. The standard InChI is InChI=1S/C15H25NO3/c1-5-19-14-7-6-10(2)8-13(14)15(18)12(4)16-9-11(3)17/h6-8,11-12,15-18H,5,9H2,1-4H3. The van der Waals surface area contributed by atoms with Crippen LogP contribution in [-0.4, -0.2) is 35.5 Å². The van der Waals surface area contributed by atoms with Crippen molar-refractivity contribution in [1.82, 2.24) is 5.32 Å². The second-order valence-corrected chi connectivity index (χ2v) is 4.97. The van der Waals surface area contributed by atoms with Gasteiger partial charge >= 0.3 is 0 Å². The number of hydrogen-bond donors (Lipinski definition) is 3. The fraction of sp³-hybridized carbons (Fsp3) is 0.600. The third-order valence-electron chi connectivity index (χ3n) is 2.99. The molecule has 108 valence electrons. The maximum absolute atomic E-state index is 10.4. The van der Waals surface area contributed by atoms with Gasteiger partial charge in [0.25, 0.3) is 0 Å². The molecule has 1 aromatic rings. The van der Waals surface area contributed by atoms with Gasteiger partial charge in [0, 0.05) is 18.2 Å². The molecule has 1 rings (SSSR count). The molecule has 1 aromatic carbocycles. The molecule has 3 atom stereocenters. The molecule has 0 bridgehead atoms. The summed E-state index contributed by atoms with van der Waals surface area (Å²) in [6, 6.07) is 5.64. The van der Waals surface area contributed by atoms with Crippen LogP contribution in [0.1, 0.15) is 38.0 Å². The van der Waals surface area contributed by atoms with E-state index in [1.807, 2.05) is 39.0 Å². The monoisotopic (exact) mass is 267 g/mol. The number of ether oxygens (including phenoxy) is 1. The smallest absolute Gasteiger partial charge is 0.125 e. The molecular formula is C15H25NO3. The molecule has 0 amide bonds. The van der Waals surface area contributed by atoms with Gasteiger partial charge in [0.05, 0.1) is 18.8 Å². The Balaban J connectivity index is 2.84. The van der Waals surface area contributed by atoms with Crippen molar-refractivity contribution in [3.63, 3.8) is 0 Å². The van der Waals surface area contributed by atoms with E-state index < -0.39 is 12.2 Å². The summed E-state index contributed by atoms with van der Waals surface area (Å²) in [6.07, 6.45) is -1.10. The van der Waals surface area contributed by atoms with Gasteiger partial charge in [0.1, 0.15) is 5.75 Å². The lowest BCUT2D eigenvalue weighted by molar-refractivity contribution is 0.118. The van der Waals surface area contributed by atoms with Gasteiger partial charge in [-0.15, -0.1) is 0 Å². The molecule has 0 aliphatic heterocycles. The summed E-state index contributed by atoms with van der Waals surface area (Å²) in [5.74, 6) is 0.714. The van der Waals surface area contributed by atoms with E-state index in [0.29, 0.717) is 18.9 Å². The summed E-state index contributed by atoms with van der Waals surface area (Å²) < 4.78 is 5.55. The summed E-state index contributed by atoms with van der Waals surface area (Å²) >= 11 is 0. The Kier molecular flexibility index (Phi) is 6.28. The first-order valence-corrected chi connectivity index (χ1v) is 6.78. The molecule has 0 aliphatic carbocycles. The van der Waals surface area contributed by atoms with Crippen molar-refractivity contribution in [2.24, 2.45) is 0 Å². The average molecular weight is 267 g/mol. The zero-order valence-corrected chi connectivity index (χ0v) is 12.2. The largest absolute Gasteiger partial charge is 0.493 e. The molecular weight excluding hydrogens is 242 g/mol. The molecule has 0 saturated heterocycles. The van der Waals surface area contributed by atoms with Gasteiger partial charge in [-0.2, -0.15) is 0 Å². The summed E-state index contributed by atoms with van der Waals surface area (Å²) in [5, 5.41) is 22.8. The molecule has 4 nitrogen and oxygen atoms in total. The van der Waals surface area contributed by atoms with Crippen LogP contribution in [-0.2, 0) is 0 Å². The Morgan fingerprint density at radius 3 is 2.53 bits per heavy atom. The summed E-state index contributed by atoms with van der Waals surface area (Å²) in [5.41, 5.74) is 1.87. The molecule has 0 spiro atoms. The predicted octanol–water partition coefficient (Wildman–Crippen LogP) is 1.79. The van der Waals surface area contributed by atoms with Gasteiger partial charge in [-0.1, -0.05) is 11.6 Å². The fourth-order valence-electron chi connectivity index (χ4n) is 1.92. The SMILES string of the molecule is CCOc1ccc(C)cc1C(O)C(C)NCC(C)O. The lowest BCUT2D eigenvalue weighted by Gasteiger charge is -2.23. The van der Waals surface area contributed by atoms with Crippen LogP contribution in [0, 0.1) is 6.92 Å². The van der Waals surface area contributed by atoms with Gasteiger partial charge in [-0.3, -0.25) is 0 Å². The van der Waals surface area contributed by atoms with Gasteiger partial charge in [0.15, 0.2) is 0 Å². The van der Waals surface area contributed by atoms with E-state index in [4.69, 9.17) is 4.74 Å². The predicted molar refractivity (Wildman–Crippen MR) is 76.5 cm³/mol. The van der Waals surface area contributed by atoms with Crippen molar-refractivity contribution in [3.8, 4) is 5.75 Å². The molecule has 0 radical (unpaired) electrons. The first-order chi connectivity index (χ1) is 8.95. The van der Waals surface area contributed by atoms with E-state index in [9.17, 15) is 10.2 Å². The zero-order chi connectivity index (χ0) is 14.4. The van der Waals surface area contributed by atoms with Crippen molar-refractivity contribution < 1.29 is 14.9 Å². The highest BCUT2D eigenvalue weighted by Gasteiger charge is 2.20. The normalized spacial score (nSPS) is 15.9. The minimum Gasteiger partial charge on any atom is -0.493 e. The number of hydrogen-bond acceptors (Lipinski definition) is 4. The van der Waals surface area contributed by atoms with Gasteiger partial charge in [-0.25, -0.2) is 0 Å². The summed E-state index contributed by atoms with van der Waals surface area (Å²) in [6.45, 7) is 8.53. The molecule has 0 heterocycles. The number of aliphatic hydroxyl groups excluding tert-OH is 2. The molecule has 0 saturated carbocycles. The Morgan fingerprint density at radius 2 is 1.95 bits per heavy atom. The Hall–Kier alpha value is -1.10. The van der Waals surface area contributed by atoms with Crippen LogP contribution >= 0.6 is 0 Å². The highest BCUT2D eigenvalue weighted by Crippen LogP contribution is 2.28. The van der Waals surface area contributed by atoms with Crippen LogP contribution in [0.25, 0.3) is 0 Å². The van der Waals surface area contributed by atoms with Gasteiger partial charge in [0.2, 0.25) is 0 Å². The van der Waals surface area contributed by atoms with E-state index >= 15 is 0 Å². The maximum atomic E-state index is 10.4. The molecule has 3 N–H and O–H groups in total. The quantitative estimate of drug-likeness (QED) is 0.705. The second-order valence-electron chi connectivity index (χ2n) is 4.97. The van der Waals surface area contributed by atoms with Crippen molar-refractivity contribution in [3.05, 3.63) is 29.3 Å². The minimum absolute atomic E-state index is 0.157. The van der Waals surface area contributed by atoms with E-state index in [0.717, 1.165) is 11.1 Å². The van der Waals surface area contributed by atoms with Crippen LogP contribution in [0.4, 0.5) is 0 Å². The number of nitrogens with one attached hydrogen (secondary N) is 1. The highest BCUT2D eigenvalue weighted by molar-refractivity contribution is 5.39. The third-order valence-corrected chi connectivity index (χ3v) is 2.99. The van der Waals surface area contributed by atoms with E-state index in [2.05, 4.69) is 5.32 Å². The van der Waals surface area contributed by atoms with Crippen LogP contribution in [0.5, 0.6) is 5.75 Å². The lowest BCUT2D eigenvalue weighted by Crippen LogP contribution is -2.36. The topological polar surface area (TPSA) is 61.7 Å². The van der Waals surface area contributed by atoms with Crippen LogP contribution in [0.15, 0.2) is 18.2 Å². The minimum atomic E-state index is -0.666. The fourth-order valence-corrected chi connectivity index (χ4v) is 1.92. The summed E-state index contributed by atoms with van der Waals surface area (Å²) in [4.78, 5) is 0. The van der Waals surface area contributed by atoms with Crippen LogP contribution < -0.4 is 10.1 Å². The van der Waals surface area contributed by atoms with Gasteiger partial charge < -0.3 is 20.3 Å². The molecule has 4 heteroatoms. The van der Waals surface area contributed by atoms with Crippen molar-refractivity contribution >= 4 is 0 Å². The number of benzene rings is 1. The Morgan fingerprint density at radius 1 is 1.26 bits per heavy atom. The number of aliphatic hydroxyl groups is 2. The summed E-state index contributed by atoms with van der Waals surface area (Å²) in [7, 11) is 0. The van der Waals surface area contributed by atoms with Gasteiger partial charge in [-0.05, 0) is 39.8 Å². The molecule has 0 fully saturated rings.